The fourth-order valence-corrected chi connectivity index (χ4v) is 5.76. The molecule has 0 atom stereocenters. The van der Waals surface area contributed by atoms with Gasteiger partial charge in [0.15, 0.2) is 0 Å². The molecule has 0 aliphatic carbocycles. The van der Waals surface area contributed by atoms with Gasteiger partial charge in [0, 0.05) is 19.0 Å². The van der Waals surface area contributed by atoms with Gasteiger partial charge in [0.05, 0.1) is 20.8 Å². The Hall–Kier alpha value is -1.31. The molecule has 5 nitrogen and oxygen atoms in total. The van der Waals surface area contributed by atoms with Crippen molar-refractivity contribution < 1.29 is 13.2 Å². The van der Waals surface area contributed by atoms with Crippen molar-refractivity contribution in [3.63, 3.8) is 0 Å². The molecule has 3 rings (SSSR count). The van der Waals surface area contributed by atoms with Gasteiger partial charge in [-0.1, -0.05) is 53.0 Å². The highest BCUT2D eigenvalue weighted by Gasteiger charge is 2.34. The lowest BCUT2D eigenvalue weighted by molar-refractivity contribution is -0.120. The summed E-state index contributed by atoms with van der Waals surface area (Å²) in [5, 5.41) is 3.43. The molecule has 1 saturated heterocycles. The number of nitrogens with one attached hydrogen (secondary N) is 1. The Bertz CT molecular complexity index is 938. The third-order valence-electron chi connectivity index (χ3n) is 4.47. The van der Waals surface area contributed by atoms with Gasteiger partial charge in [-0.3, -0.25) is 4.79 Å². The Labute approximate surface area is 173 Å². The maximum atomic E-state index is 12.9. The van der Waals surface area contributed by atoms with Crippen LogP contribution < -0.4 is 5.32 Å². The molecule has 0 unspecified atom stereocenters. The summed E-state index contributed by atoms with van der Waals surface area (Å²) in [5.41, 5.74) is 0.544. The molecule has 0 saturated carbocycles. The second-order valence-corrected chi connectivity index (χ2v) is 9.29. The molecular weight excluding hydrogens is 431 g/mol. The smallest absolute Gasteiger partial charge is 0.246 e. The first-order chi connectivity index (χ1) is 12.8. The maximum absolute atomic E-state index is 12.9. The summed E-state index contributed by atoms with van der Waals surface area (Å²) in [6.07, 6.45) is 0.801. The van der Waals surface area contributed by atoms with E-state index in [1.807, 2.05) is 0 Å². The van der Waals surface area contributed by atoms with Crippen LogP contribution in [0.2, 0.25) is 15.1 Å². The zero-order valence-electron chi connectivity index (χ0n) is 14.2. The summed E-state index contributed by atoms with van der Waals surface area (Å²) in [6, 6.07) is 11.5. The molecule has 1 aliphatic heterocycles. The first-order valence-corrected chi connectivity index (χ1v) is 10.9. The first-order valence-electron chi connectivity index (χ1n) is 8.30. The summed E-state index contributed by atoms with van der Waals surface area (Å²) in [6.45, 7) is 0.426. The molecule has 1 fully saturated rings. The number of rotatable bonds is 4. The molecule has 0 bridgehead atoms. The lowest BCUT2D eigenvalue weighted by atomic mass is 9.97. The Morgan fingerprint density at radius 2 is 1.48 bits per heavy atom. The van der Waals surface area contributed by atoms with Gasteiger partial charge in [-0.05, 0) is 37.1 Å². The number of sulfonamides is 1. The van der Waals surface area contributed by atoms with Crippen molar-refractivity contribution in [1.29, 1.82) is 0 Å². The topological polar surface area (TPSA) is 66.5 Å². The van der Waals surface area contributed by atoms with Crippen molar-refractivity contribution >= 4 is 56.4 Å². The average molecular weight is 448 g/mol. The minimum atomic E-state index is -3.82. The number of anilines is 1. The van der Waals surface area contributed by atoms with Crippen LogP contribution in [0.5, 0.6) is 0 Å². The van der Waals surface area contributed by atoms with Crippen molar-refractivity contribution in [2.45, 2.75) is 17.7 Å². The molecule has 0 aromatic heterocycles. The molecule has 144 valence electrons. The van der Waals surface area contributed by atoms with Gasteiger partial charge in [-0.15, -0.1) is 0 Å². The quantitative estimate of drug-likeness (QED) is 0.739. The van der Waals surface area contributed by atoms with Crippen molar-refractivity contribution in [1.82, 2.24) is 4.31 Å². The van der Waals surface area contributed by atoms with E-state index in [0.29, 0.717) is 23.6 Å². The Morgan fingerprint density at radius 3 is 2.07 bits per heavy atom. The van der Waals surface area contributed by atoms with Crippen LogP contribution >= 0.6 is 34.8 Å². The second kappa shape index (κ2) is 8.37. The van der Waals surface area contributed by atoms with E-state index in [1.165, 1.54) is 16.4 Å². The molecule has 27 heavy (non-hydrogen) atoms. The molecule has 1 heterocycles. The maximum Gasteiger partial charge on any atom is 0.246 e. The highest BCUT2D eigenvalue weighted by Crippen LogP contribution is 2.33. The summed E-state index contributed by atoms with van der Waals surface area (Å²) in [4.78, 5) is 12.4. The number of piperidine rings is 1. The SMILES string of the molecule is O=C(Nc1ccccc1Cl)C1CCN(S(=O)(=O)c2c(Cl)cccc2Cl)CC1. The number of nitrogens with zero attached hydrogens (tertiary/aromatic N) is 1. The van der Waals surface area contributed by atoms with E-state index in [4.69, 9.17) is 34.8 Å². The van der Waals surface area contributed by atoms with E-state index in [-0.39, 0.29) is 39.9 Å². The fraction of sp³-hybridized carbons (Fsp3) is 0.278. The number of para-hydroxylation sites is 1. The molecule has 0 spiro atoms. The third kappa shape index (κ3) is 4.41. The number of amides is 1. The minimum Gasteiger partial charge on any atom is -0.325 e. The van der Waals surface area contributed by atoms with Gasteiger partial charge in [0.1, 0.15) is 4.90 Å². The summed E-state index contributed by atoms with van der Waals surface area (Å²) < 4.78 is 27.1. The lowest BCUT2D eigenvalue weighted by Crippen LogP contribution is -2.41. The monoisotopic (exact) mass is 446 g/mol. The number of hydrogen-bond donors (Lipinski definition) is 1. The molecular formula is C18H17Cl3N2O3S. The van der Waals surface area contributed by atoms with Crippen LogP contribution in [0.1, 0.15) is 12.8 Å². The first kappa shape index (κ1) is 20.4. The largest absolute Gasteiger partial charge is 0.325 e. The van der Waals surface area contributed by atoms with Crippen LogP contribution in [0.15, 0.2) is 47.4 Å². The van der Waals surface area contributed by atoms with Gasteiger partial charge >= 0.3 is 0 Å². The van der Waals surface area contributed by atoms with Crippen molar-refractivity contribution in [3.05, 3.63) is 57.5 Å². The normalized spacial score (nSPS) is 16.3. The summed E-state index contributed by atoms with van der Waals surface area (Å²) in [5.74, 6) is -0.467. The van der Waals surface area contributed by atoms with Gasteiger partial charge in [-0.25, -0.2) is 8.42 Å². The number of hydrogen-bond acceptors (Lipinski definition) is 3. The molecule has 0 radical (unpaired) electrons. The zero-order chi connectivity index (χ0) is 19.6. The van der Waals surface area contributed by atoms with Crippen LogP contribution in [0.4, 0.5) is 5.69 Å². The number of carbonyl (C=O) groups is 1. The predicted octanol–water partition coefficient (Wildman–Crippen LogP) is 4.69. The van der Waals surface area contributed by atoms with Crippen LogP contribution in [0.25, 0.3) is 0 Å². The number of benzene rings is 2. The van der Waals surface area contributed by atoms with E-state index in [1.54, 1.807) is 30.3 Å². The van der Waals surface area contributed by atoms with Crippen molar-refractivity contribution in [2.24, 2.45) is 5.92 Å². The summed E-state index contributed by atoms with van der Waals surface area (Å²) in [7, 11) is -3.82. The number of halogens is 3. The lowest BCUT2D eigenvalue weighted by Gasteiger charge is -2.31. The van der Waals surface area contributed by atoms with Gasteiger partial charge in [0.25, 0.3) is 0 Å². The minimum absolute atomic E-state index is 0.0843. The van der Waals surface area contributed by atoms with Gasteiger partial charge in [0.2, 0.25) is 15.9 Å². The molecule has 9 heteroatoms. The van der Waals surface area contributed by atoms with Crippen LogP contribution in [-0.4, -0.2) is 31.7 Å². The molecule has 1 aliphatic rings. The zero-order valence-corrected chi connectivity index (χ0v) is 17.2. The predicted molar refractivity (Wildman–Crippen MR) is 108 cm³/mol. The number of carbonyl (C=O) groups excluding carboxylic acids is 1. The Balaban J connectivity index is 1.68. The standard InChI is InChI=1S/C18H17Cl3N2O3S/c19-13-4-1-2-7-16(13)22-18(24)12-8-10-23(11-9-12)27(25,26)17-14(20)5-3-6-15(17)21/h1-7,12H,8-11H2,(H,22,24). The second-order valence-electron chi connectivity index (χ2n) is 6.20. The van der Waals surface area contributed by atoms with Crippen LogP contribution in [-0.2, 0) is 14.8 Å². The van der Waals surface area contributed by atoms with E-state index >= 15 is 0 Å². The highest BCUT2D eigenvalue weighted by atomic mass is 35.5. The van der Waals surface area contributed by atoms with Crippen molar-refractivity contribution in [3.8, 4) is 0 Å². The van der Waals surface area contributed by atoms with Crippen molar-refractivity contribution in [2.75, 3.05) is 18.4 Å². The van der Waals surface area contributed by atoms with E-state index < -0.39 is 10.0 Å². The Morgan fingerprint density at radius 1 is 0.926 bits per heavy atom. The third-order valence-corrected chi connectivity index (χ3v) is 7.66. The van der Waals surface area contributed by atoms with Crippen LogP contribution in [0.3, 0.4) is 0 Å². The Kier molecular flexibility index (Phi) is 6.33. The van der Waals surface area contributed by atoms with E-state index in [2.05, 4.69) is 5.32 Å². The molecule has 2 aromatic carbocycles. The van der Waals surface area contributed by atoms with Gasteiger partial charge in [-0.2, -0.15) is 4.31 Å². The van der Waals surface area contributed by atoms with Gasteiger partial charge < -0.3 is 5.32 Å². The van der Waals surface area contributed by atoms with E-state index in [0.717, 1.165) is 0 Å². The molecule has 1 N–H and O–H groups in total. The summed E-state index contributed by atoms with van der Waals surface area (Å²) >= 11 is 18.2. The fourth-order valence-electron chi connectivity index (χ4n) is 3.01. The van der Waals surface area contributed by atoms with Crippen LogP contribution in [0, 0.1) is 5.92 Å². The molecule has 1 amide bonds. The average Bonchev–Trinajstić information content (AvgIpc) is 2.63. The van der Waals surface area contributed by atoms with E-state index in [9.17, 15) is 13.2 Å². The highest BCUT2D eigenvalue weighted by molar-refractivity contribution is 7.89. The molecule has 2 aromatic rings.